The molecule has 15 rings (SSSR count). The largest absolute Gasteiger partial charge is 0.309 e. The van der Waals surface area contributed by atoms with Gasteiger partial charge in [0, 0.05) is 74.0 Å². The van der Waals surface area contributed by atoms with Crippen molar-refractivity contribution in [2.45, 2.75) is 0 Å². The van der Waals surface area contributed by atoms with Crippen LogP contribution in [0.15, 0.2) is 194 Å². The van der Waals surface area contributed by atoms with E-state index in [4.69, 9.17) is 9.97 Å². The van der Waals surface area contributed by atoms with E-state index in [-0.39, 0.29) is 0 Å². The minimum absolute atomic E-state index is 0.720. The Morgan fingerprint density at radius 3 is 1.78 bits per heavy atom. The number of benzene rings is 10. The monoisotopic (exact) mass is 848 g/mol. The second-order valence-corrected chi connectivity index (χ2v) is 19.0. The third-order valence-electron chi connectivity index (χ3n) is 13.5. The first-order valence-corrected chi connectivity index (χ1v) is 23.3. The quantitative estimate of drug-likeness (QED) is 0.177. The maximum atomic E-state index is 5.61. The number of nitrogens with zero attached hydrogens (tertiary/aromatic N) is 4. The van der Waals surface area contributed by atoms with Crippen LogP contribution < -0.4 is 0 Å². The van der Waals surface area contributed by atoms with Gasteiger partial charge < -0.3 is 9.13 Å². The maximum absolute atomic E-state index is 5.61. The Balaban J connectivity index is 1.00. The number of hydrogen-bond donors (Lipinski definition) is 0. The van der Waals surface area contributed by atoms with E-state index in [2.05, 4.69) is 203 Å². The molecule has 0 atom stereocenters. The lowest BCUT2D eigenvalue weighted by atomic mass is 10.00. The fourth-order valence-corrected chi connectivity index (χ4v) is 13.1. The lowest BCUT2D eigenvalue weighted by molar-refractivity contribution is 1.18. The molecule has 0 radical (unpaired) electrons. The zero-order chi connectivity index (χ0) is 41.6. The molecule has 5 aromatic heterocycles. The van der Waals surface area contributed by atoms with E-state index in [0.29, 0.717) is 0 Å². The Morgan fingerprint density at radius 2 is 1.02 bits per heavy atom. The van der Waals surface area contributed by atoms with Crippen molar-refractivity contribution in [3.05, 3.63) is 194 Å². The van der Waals surface area contributed by atoms with Crippen molar-refractivity contribution in [3.8, 4) is 34.0 Å². The summed E-state index contributed by atoms with van der Waals surface area (Å²) in [5.41, 5.74) is 11.0. The first kappa shape index (κ1) is 34.7. The summed E-state index contributed by atoms with van der Waals surface area (Å²) in [5.74, 6) is 0.720. The number of para-hydroxylation sites is 2. The molecule has 4 nitrogen and oxygen atoms in total. The number of aromatic nitrogens is 4. The van der Waals surface area contributed by atoms with Crippen molar-refractivity contribution in [2.75, 3.05) is 0 Å². The highest BCUT2D eigenvalue weighted by molar-refractivity contribution is 7.26. The molecule has 0 aliphatic carbocycles. The van der Waals surface area contributed by atoms with Crippen molar-refractivity contribution in [1.82, 2.24) is 19.1 Å². The van der Waals surface area contributed by atoms with Gasteiger partial charge in [-0.1, -0.05) is 127 Å². The number of rotatable bonds is 4. The van der Waals surface area contributed by atoms with Crippen LogP contribution in [0.1, 0.15) is 0 Å². The highest BCUT2D eigenvalue weighted by atomic mass is 32.1. The Labute approximate surface area is 373 Å². The van der Waals surface area contributed by atoms with E-state index >= 15 is 0 Å². The van der Waals surface area contributed by atoms with Crippen molar-refractivity contribution >= 4 is 128 Å². The molecule has 0 spiro atoms. The van der Waals surface area contributed by atoms with Gasteiger partial charge in [0.25, 0.3) is 0 Å². The van der Waals surface area contributed by atoms with E-state index in [0.717, 1.165) is 65.9 Å². The van der Waals surface area contributed by atoms with Crippen LogP contribution in [0, 0.1) is 0 Å². The van der Waals surface area contributed by atoms with Gasteiger partial charge in [-0.3, -0.25) is 0 Å². The Hall–Kier alpha value is -7.90. The molecular weight excluding hydrogens is 817 g/mol. The summed E-state index contributed by atoms with van der Waals surface area (Å²) in [5, 5.41) is 13.7. The predicted molar refractivity (Wildman–Crippen MR) is 274 cm³/mol. The summed E-state index contributed by atoms with van der Waals surface area (Å²) in [4.78, 5) is 11.1. The summed E-state index contributed by atoms with van der Waals surface area (Å²) in [7, 11) is 0. The summed E-state index contributed by atoms with van der Waals surface area (Å²) < 4.78 is 9.79. The zero-order valence-electron chi connectivity index (χ0n) is 34.1. The van der Waals surface area contributed by atoms with Crippen LogP contribution in [0.4, 0.5) is 0 Å². The van der Waals surface area contributed by atoms with Crippen LogP contribution in [0.3, 0.4) is 0 Å². The van der Waals surface area contributed by atoms with Crippen molar-refractivity contribution < 1.29 is 0 Å². The Kier molecular flexibility index (Phi) is 6.95. The highest BCUT2D eigenvalue weighted by Gasteiger charge is 2.24. The lowest BCUT2D eigenvalue weighted by Gasteiger charge is -2.15. The van der Waals surface area contributed by atoms with E-state index in [9.17, 15) is 0 Å². The van der Waals surface area contributed by atoms with Gasteiger partial charge in [0.05, 0.1) is 43.7 Å². The molecule has 0 N–H and O–H groups in total. The lowest BCUT2D eigenvalue weighted by Crippen LogP contribution is -1.99. The van der Waals surface area contributed by atoms with Crippen molar-refractivity contribution in [1.29, 1.82) is 0 Å². The van der Waals surface area contributed by atoms with Gasteiger partial charge in [-0.25, -0.2) is 9.97 Å². The molecule has 0 saturated carbocycles. The molecule has 0 unspecified atom stereocenters. The normalized spacial score (nSPS) is 12.4. The van der Waals surface area contributed by atoms with Crippen LogP contribution in [0.5, 0.6) is 0 Å². The number of hydrogen-bond acceptors (Lipinski definition) is 4. The summed E-state index contributed by atoms with van der Waals surface area (Å²) in [6, 6.07) is 71.0. The molecule has 296 valence electrons. The van der Waals surface area contributed by atoms with E-state index in [1.165, 1.54) is 73.7 Å². The molecule has 6 heteroatoms. The molecule has 10 aromatic carbocycles. The third-order valence-corrected chi connectivity index (χ3v) is 15.8. The second-order valence-electron chi connectivity index (χ2n) is 16.8. The van der Waals surface area contributed by atoms with Crippen LogP contribution in [-0.2, 0) is 0 Å². The standard InChI is InChI=1S/C58H32N4S2/c1-2-14-36(15-3-1)61-43-20-8-6-18-39(43)40-27-24-35(32-47(40)61)55-57-56(42-19-7-9-21-48(42)64-57)60-58(59-55)41-28-31-44(38-17-5-4-16-37(38)41)62-45-29-25-33-12-10-22-49-51(33)53(45)54-46(62)30-26-34-13-11-23-50(63-49)52(34)54/h1-32H. The maximum Gasteiger partial charge on any atom is 0.161 e. The van der Waals surface area contributed by atoms with E-state index in [1.807, 2.05) is 11.3 Å². The summed E-state index contributed by atoms with van der Waals surface area (Å²) in [6.07, 6.45) is 0. The molecule has 5 heterocycles. The van der Waals surface area contributed by atoms with Gasteiger partial charge in [0.2, 0.25) is 0 Å². The first-order valence-electron chi connectivity index (χ1n) is 21.7. The first-order chi connectivity index (χ1) is 31.7. The average molecular weight is 849 g/mol. The minimum Gasteiger partial charge on any atom is -0.309 e. The predicted octanol–water partition coefficient (Wildman–Crippen LogP) is 16.5. The molecule has 64 heavy (non-hydrogen) atoms. The van der Waals surface area contributed by atoms with Gasteiger partial charge in [0.15, 0.2) is 5.82 Å². The fraction of sp³-hybridized carbons (Fsp3) is 0. The average Bonchev–Trinajstić information content (AvgIpc) is 3.98. The molecule has 0 saturated heterocycles. The molecule has 0 amide bonds. The third kappa shape index (κ3) is 4.65. The highest BCUT2D eigenvalue weighted by Crippen LogP contribution is 2.48. The molecule has 0 aliphatic heterocycles. The van der Waals surface area contributed by atoms with Crippen LogP contribution >= 0.6 is 22.7 Å². The van der Waals surface area contributed by atoms with Gasteiger partial charge in [-0.15, -0.1) is 22.7 Å². The van der Waals surface area contributed by atoms with E-state index < -0.39 is 0 Å². The molecular formula is C58H32N4S2. The molecule has 0 aliphatic rings. The van der Waals surface area contributed by atoms with Crippen molar-refractivity contribution in [3.63, 3.8) is 0 Å². The van der Waals surface area contributed by atoms with Crippen molar-refractivity contribution in [2.24, 2.45) is 0 Å². The second kappa shape index (κ2) is 12.8. The minimum atomic E-state index is 0.720. The SMILES string of the molecule is c1ccc(-n2c3ccccc3c3ccc(-c4nc(-c5ccc(-n6c7ccc8cccc9sc%10cccc%11ccc6c(c%11%10)c7c89)c6ccccc56)nc5c4sc4ccccc45)cc32)cc1. The van der Waals surface area contributed by atoms with Crippen LogP contribution in [0.2, 0.25) is 0 Å². The Bertz CT molecular complexity index is 4330. The zero-order valence-corrected chi connectivity index (χ0v) is 35.7. The summed E-state index contributed by atoms with van der Waals surface area (Å²) in [6.45, 7) is 0. The molecule has 0 bridgehead atoms. The Morgan fingerprint density at radius 1 is 0.375 bits per heavy atom. The molecule has 15 aromatic rings. The van der Waals surface area contributed by atoms with Crippen LogP contribution in [-0.4, -0.2) is 19.1 Å². The smallest absolute Gasteiger partial charge is 0.161 e. The number of fused-ring (bicyclic) bond motifs is 7. The van der Waals surface area contributed by atoms with Crippen LogP contribution in [0.25, 0.3) is 140 Å². The van der Waals surface area contributed by atoms with Gasteiger partial charge in [0.1, 0.15) is 0 Å². The molecule has 0 fully saturated rings. The van der Waals surface area contributed by atoms with Gasteiger partial charge >= 0.3 is 0 Å². The van der Waals surface area contributed by atoms with Gasteiger partial charge in [-0.05, 0) is 82.9 Å². The fourth-order valence-electron chi connectivity index (χ4n) is 10.8. The van der Waals surface area contributed by atoms with Gasteiger partial charge in [-0.2, -0.15) is 0 Å². The number of thiophene rings is 1. The van der Waals surface area contributed by atoms with E-state index in [1.54, 1.807) is 11.3 Å². The summed E-state index contributed by atoms with van der Waals surface area (Å²) >= 11 is 3.67. The topological polar surface area (TPSA) is 35.6 Å².